The molecule has 1 atom stereocenters. The number of carbonyl (C=O) groups excluding carboxylic acids is 2. The van der Waals surface area contributed by atoms with Gasteiger partial charge >= 0.3 is 0 Å². The first kappa shape index (κ1) is 10.9. The highest BCUT2D eigenvalue weighted by atomic mass is 16.2. The summed E-state index contributed by atoms with van der Waals surface area (Å²) in [5.41, 5.74) is 5.44. The molecule has 0 aliphatic heterocycles. The highest BCUT2D eigenvalue weighted by Gasteiger charge is 2.12. The van der Waals surface area contributed by atoms with Crippen LogP contribution < -0.4 is 16.4 Å². The molecule has 0 unspecified atom stereocenters. The largest absolute Gasteiger partial charge is 0.359 e. The second-order valence-corrected chi connectivity index (χ2v) is 2.43. The molecule has 4 N–H and O–H groups in total. The first-order valence-electron chi connectivity index (χ1n) is 3.79. The molecule has 0 heterocycles. The van der Waals surface area contributed by atoms with Crippen LogP contribution in [0.15, 0.2) is 0 Å². The number of carbonyl (C=O) groups is 2. The van der Waals surface area contributed by atoms with Crippen molar-refractivity contribution >= 4 is 11.8 Å². The molecule has 12 heavy (non-hydrogen) atoms. The molecule has 0 saturated carbocycles. The van der Waals surface area contributed by atoms with Crippen molar-refractivity contribution in [3.05, 3.63) is 0 Å². The number of likely N-dealkylation sites (N-methyl/N-ethyl adjacent to an activating group) is 1. The van der Waals surface area contributed by atoms with E-state index in [4.69, 9.17) is 5.73 Å². The normalized spacial score (nSPS) is 11.9. The Morgan fingerprint density at radius 3 is 2.33 bits per heavy atom. The van der Waals surface area contributed by atoms with E-state index in [0.717, 1.165) is 0 Å². The smallest absolute Gasteiger partial charge is 0.236 e. The summed E-state index contributed by atoms with van der Waals surface area (Å²) in [4.78, 5) is 21.6. The van der Waals surface area contributed by atoms with Gasteiger partial charge < -0.3 is 16.4 Å². The van der Waals surface area contributed by atoms with E-state index < -0.39 is 6.04 Å². The Bertz CT molecular complexity index is 170. The molecular weight excluding hydrogens is 158 g/mol. The fourth-order valence-electron chi connectivity index (χ4n) is 0.728. The van der Waals surface area contributed by atoms with E-state index in [1.54, 1.807) is 7.05 Å². The van der Waals surface area contributed by atoms with Crippen molar-refractivity contribution in [3.63, 3.8) is 0 Å². The van der Waals surface area contributed by atoms with Crippen LogP contribution in [0.2, 0.25) is 0 Å². The van der Waals surface area contributed by atoms with Gasteiger partial charge in [-0.1, -0.05) is 0 Å². The highest BCUT2D eigenvalue weighted by Crippen LogP contribution is 1.93. The van der Waals surface area contributed by atoms with Crippen molar-refractivity contribution < 1.29 is 9.59 Å². The Labute approximate surface area is 71.7 Å². The molecule has 0 aliphatic rings. The van der Waals surface area contributed by atoms with E-state index in [1.807, 2.05) is 0 Å². The van der Waals surface area contributed by atoms with Crippen LogP contribution in [0.3, 0.4) is 0 Å². The average molecular weight is 173 g/mol. The zero-order valence-corrected chi connectivity index (χ0v) is 7.39. The standard InChI is InChI=1S/C7H15N3O2/c1-9-6(11)4-3-5(8)7(12)10-2/h5H,3-4,8H2,1-2H3,(H,9,11)(H,10,12)/t5-/m1/s1. The topological polar surface area (TPSA) is 84.2 Å². The van der Waals surface area contributed by atoms with Crippen LogP contribution >= 0.6 is 0 Å². The second kappa shape index (κ2) is 5.54. The maximum Gasteiger partial charge on any atom is 0.236 e. The lowest BCUT2D eigenvalue weighted by Crippen LogP contribution is -2.39. The number of nitrogens with one attached hydrogen (secondary N) is 2. The van der Waals surface area contributed by atoms with Gasteiger partial charge in [0.15, 0.2) is 0 Å². The monoisotopic (exact) mass is 173 g/mol. The molecule has 5 heteroatoms. The first-order valence-corrected chi connectivity index (χ1v) is 3.79. The van der Waals surface area contributed by atoms with Crippen LogP contribution in [0.5, 0.6) is 0 Å². The summed E-state index contributed by atoms with van der Waals surface area (Å²) < 4.78 is 0. The third-order valence-electron chi connectivity index (χ3n) is 1.54. The predicted octanol–water partition coefficient (Wildman–Crippen LogP) is -1.41. The molecular formula is C7H15N3O2. The maximum absolute atomic E-state index is 10.8. The number of nitrogens with two attached hydrogens (primary N) is 1. The van der Waals surface area contributed by atoms with Crippen LogP contribution in [0.25, 0.3) is 0 Å². The minimum absolute atomic E-state index is 0.102. The van der Waals surface area contributed by atoms with Crippen molar-refractivity contribution in [1.82, 2.24) is 10.6 Å². The number of hydrogen-bond acceptors (Lipinski definition) is 3. The molecule has 0 fully saturated rings. The van der Waals surface area contributed by atoms with Gasteiger partial charge in [0, 0.05) is 20.5 Å². The zero-order valence-electron chi connectivity index (χ0n) is 7.39. The minimum Gasteiger partial charge on any atom is -0.359 e. The molecule has 0 saturated heterocycles. The second-order valence-electron chi connectivity index (χ2n) is 2.43. The van der Waals surface area contributed by atoms with Crippen molar-refractivity contribution in [1.29, 1.82) is 0 Å². The Morgan fingerprint density at radius 2 is 1.92 bits per heavy atom. The molecule has 0 aromatic carbocycles. The Kier molecular flexibility index (Phi) is 5.03. The number of amides is 2. The van der Waals surface area contributed by atoms with Gasteiger partial charge in [-0.3, -0.25) is 9.59 Å². The number of hydrogen-bond donors (Lipinski definition) is 3. The maximum atomic E-state index is 10.8. The van der Waals surface area contributed by atoms with Gasteiger partial charge in [-0.05, 0) is 6.42 Å². The summed E-state index contributed by atoms with van der Waals surface area (Å²) in [6.07, 6.45) is 0.657. The molecule has 0 spiro atoms. The molecule has 0 aliphatic carbocycles. The Balaban J connectivity index is 3.63. The lowest BCUT2D eigenvalue weighted by molar-refractivity contribution is -0.123. The summed E-state index contributed by atoms with van der Waals surface area (Å²) in [5.74, 6) is -0.340. The van der Waals surface area contributed by atoms with Crippen molar-refractivity contribution in [3.8, 4) is 0 Å². The van der Waals surface area contributed by atoms with Crippen LogP contribution in [-0.4, -0.2) is 32.0 Å². The van der Waals surface area contributed by atoms with Crippen LogP contribution in [-0.2, 0) is 9.59 Å². The zero-order chi connectivity index (χ0) is 9.56. The molecule has 0 radical (unpaired) electrons. The molecule has 0 rings (SSSR count). The fraction of sp³-hybridized carbons (Fsp3) is 0.714. The summed E-state index contributed by atoms with van der Waals surface area (Å²) >= 11 is 0. The molecule has 0 aromatic rings. The van der Waals surface area contributed by atoms with Gasteiger partial charge in [-0.2, -0.15) is 0 Å². The molecule has 2 amide bonds. The van der Waals surface area contributed by atoms with Crippen LogP contribution in [0.4, 0.5) is 0 Å². The molecule has 0 aromatic heterocycles. The van der Waals surface area contributed by atoms with Crippen LogP contribution in [0.1, 0.15) is 12.8 Å². The third-order valence-corrected chi connectivity index (χ3v) is 1.54. The highest BCUT2D eigenvalue weighted by molar-refractivity contribution is 5.82. The predicted molar refractivity (Wildman–Crippen MR) is 45.3 cm³/mol. The quantitative estimate of drug-likeness (QED) is 0.488. The van der Waals surface area contributed by atoms with E-state index in [1.165, 1.54) is 7.05 Å². The van der Waals surface area contributed by atoms with Gasteiger partial charge in [0.2, 0.25) is 11.8 Å². The SMILES string of the molecule is CNC(=O)CC[C@@H](N)C(=O)NC. The van der Waals surface area contributed by atoms with E-state index >= 15 is 0 Å². The van der Waals surface area contributed by atoms with Gasteiger partial charge in [0.05, 0.1) is 6.04 Å². The Hall–Kier alpha value is -1.10. The number of rotatable bonds is 4. The van der Waals surface area contributed by atoms with E-state index in [9.17, 15) is 9.59 Å². The van der Waals surface area contributed by atoms with Gasteiger partial charge in [-0.25, -0.2) is 0 Å². The average Bonchev–Trinajstić information content (AvgIpc) is 2.11. The van der Waals surface area contributed by atoms with Crippen molar-refractivity contribution in [2.24, 2.45) is 5.73 Å². The van der Waals surface area contributed by atoms with E-state index in [-0.39, 0.29) is 18.2 Å². The van der Waals surface area contributed by atoms with E-state index in [2.05, 4.69) is 10.6 Å². The summed E-state index contributed by atoms with van der Waals surface area (Å²) in [6, 6.07) is -0.590. The Morgan fingerprint density at radius 1 is 1.33 bits per heavy atom. The van der Waals surface area contributed by atoms with E-state index in [0.29, 0.717) is 6.42 Å². The van der Waals surface area contributed by atoms with Crippen molar-refractivity contribution in [2.45, 2.75) is 18.9 Å². The lowest BCUT2D eigenvalue weighted by Gasteiger charge is -2.08. The first-order chi connectivity index (χ1) is 5.61. The van der Waals surface area contributed by atoms with Gasteiger partial charge in [-0.15, -0.1) is 0 Å². The third kappa shape index (κ3) is 3.92. The van der Waals surface area contributed by atoms with Gasteiger partial charge in [0.25, 0.3) is 0 Å². The van der Waals surface area contributed by atoms with Crippen LogP contribution in [0, 0.1) is 0 Å². The van der Waals surface area contributed by atoms with Crippen molar-refractivity contribution in [2.75, 3.05) is 14.1 Å². The fourth-order valence-corrected chi connectivity index (χ4v) is 0.728. The molecule has 5 nitrogen and oxygen atoms in total. The summed E-state index contributed by atoms with van der Waals surface area (Å²) in [6.45, 7) is 0. The van der Waals surface area contributed by atoms with Gasteiger partial charge in [0.1, 0.15) is 0 Å². The lowest BCUT2D eigenvalue weighted by atomic mass is 10.1. The molecule has 0 bridgehead atoms. The summed E-state index contributed by atoms with van der Waals surface area (Å²) in [5, 5.41) is 4.86. The molecule has 70 valence electrons. The minimum atomic E-state index is -0.590. The summed E-state index contributed by atoms with van der Waals surface area (Å²) in [7, 11) is 3.07.